The standard InChI is InChI=1S/C18H22O/c1-12-10-14(3)17(11-13(12)2)18(19)15(4)16-8-6-5-7-9-16/h5-11,15,18-19H,1-4H3. The first-order valence-corrected chi connectivity index (χ1v) is 6.81. The van der Waals surface area contributed by atoms with Gasteiger partial charge in [0.05, 0.1) is 6.10 Å². The van der Waals surface area contributed by atoms with Gasteiger partial charge in [-0.05, 0) is 48.6 Å². The third-order valence-electron chi connectivity index (χ3n) is 4.00. The van der Waals surface area contributed by atoms with Crippen molar-refractivity contribution in [1.82, 2.24) is 0 Å². The normalized spacial score (nSPS) is 14.2. The van der Waals surface area contributed by atoms with E-state index in [1.807, 2.05) is 18.2 Å². The van der Waals surface area contributed by atoms with Gasteiger partial charge in [0.25, 0.3) is 0 Å². The van der Waals surface area contributed by atoms with E-state index in [9.17, 15) is 5.11 Å². The molecule has 0 saturated heterocycles. The van der Waals surface area contributed by atoms with Gasteiger partial charge in [0, 0.05) is 5.92 Å². The van der Waals surface area contributed by atoms with E-state index in [-0.39, 0.29) is 5.92 Å². The third kappa shape index (κ3) is 2.87. The molecule has 2 unspecified atom stereocenters. The van der Waals surface area contributed by atoms with Crippen molar-refractivity contribution in [2.24, 2.45) is 0 Å². The van der Waals surface area contributed by atoms with Crippen LogP contribution in [0.4, 0.5) is 0 Å². The molecule has 0 aliphatic heterocycles. The van der Waals surface area contributed by atoms with E-state index in [1.54, 1.807) is 0 Å². The molecule has 0 amide bonds. The summed E-state index contributed by atoms with van der Waals surface area (Å²) in [6.07, 6.45) is -0.457. The molecular formula is C18H22O. The Hall–Kier alpha value is -1.60. The van der Waals surface area contributed by atoms with Gasteiger partial charge in [0.2, 0.25) is 0 Å². The number of hydrogen-bond donors (Lipinski definition) is 1. The van der Waals surface area contributed by atoms with Gasteiger partial charge in [-0.2, -0.15) is 0 Å². The minimum Gasteiger partial charge on any atom is -0.388 e. The first-order chi connectivity index (χ1) is 9.00. The molecular weight excluding hydrogens is 232 g/mol. The van der Waals surface area contributed by atoms with Crippen LogP contribution in [0.5, 0.6) is 0 Å². The van der Waals surface area contributed by atoms with E-state index < -0.39 is 6.10 Å². The van der Waals surface area contributed by atoms with Crippen LogP contribution in [-0.4, -0.2) is 5.11 Å². The number of rotatable bonds is 3. The van der Waals surface area contributed by atoms with Gasteiger partial charge in [-0.3, -0.25) is 0 Å². The van der Waals surface area contributed by atoms with E-state index in [2.05, 4.69) is 52.0 Å². The summed E-state index contributed by atoms with van der Waals surface area (Å²) in [4.78, 5) is 0. The van der Waals surface area contributed by atoms with Crippen molar-refractivity contribution in [3.63, 3.8) is 0 Å². The minimum atomic E-state index is -0.457. The predicted octanol–water partition coefficient (Wildman–Crippen LogP) is 4.45. The van der Waals surface area contributed by atoms with Crippen molar-refractivity contribution in [3.8, 4) is 0 Å². The molecule has 19 heavy (non-hydrogen) atoms. The van der Waals surface area contributed by atoms with Crippen LogP contribution in [0, 0.1) is 20.8 Å². The Kier molecular flexibility index (Phi) is 4.06. The molecule has 0 spiro atoms. The Morgan fingerprint density at radius 2 is 1.42 bits per heavy atom. The van der Waals surface area contributed by atoms with Gasteiger partial charge in [-0.15, -0.1) is 0 Å². The SMILES string of the molecule is Cc1cc(C)c(C(O)C(C)c2ccccc2)cc1C. The van der Waals surface area contributed by atoms with Crippen molar-refractivity contribution in [2.45, 2.75) is 39.7 Å². The fraction of sp³-hybridized carbons (Fsp3) is 0.333. The summed E-state index contributed by atoms with van der Waals surface area (Å²) in [6, 6.07) is 14.5. The van der Waals surface area contributed by atoms with Gasteiger partial charge < -0.3 is 5.11 Å². The van der Waals surface area contributed by atoms with Crippen molar-refractivity contribution in [3.05, 3.63) is 70.3 Å². The molecule has 2 atom stereocenters. The first-order valence-electron chi connectivity index (χ1n) is 6.81. The Morgan fingerprint density at radius 1 is 0.842 bits per heavy atom. The number of hydrogen-bond acceptors (Lipinski definition) is 1. The molecule has 2 aromatic carbocycles. The number of aliphatic hydroxyl groups excluding tert-OH is 1. The number of aryl methyl sites for hydroxylation is 3. The molecule has 0 aliphatic carbocycles. The molecule has 1 heteroatoms. The lowest BCUT2D eigenvalue weighted by molar-refractivity contribution is 0.151. The highest BCUT2D eigenvalue weighted by Gasteiger charge is 2.20. The summed E-state index contributed by atoms with van der Waals surface area (Å²) < 4.78 is 0. The second-order valence-corrected chi connectivity index (χ2v) is 5.44. The minimum absolute atomic E-state index is 0.0991. The highest BCUT2D eigenvalue weighted by molar-refractivity contribution is 5.39. The topological polar surface area (TPSA) is 20.2 Å². The second kappa shape index (κ2) is 5.58. The molecule has 0 saturated carbocycles. The van der Waals surface area contributed by atoms with E-state index in [1.165, 1.54) is 22.3 Å². The summed E-state index contributed by atoms with van der Waals surface area (Å²) >= 11 is 0. The molecule has 2 rings (SSSR count). The largest absolute Gasteiger partial charge is 0.388 e. The Bertz CT molecular complexity index is 557. The second-order valence-electron chi connectivity index (χ2n) is 5.44. The molecule has 0 aliphatic rings. The van der Waals surface area contributed by atoms with Crippen LogP contribution in [0.3, 0.4) is 0 Å². The highest BCUT2D eigenvalue weighted by atomic mass is 16.3. The van der Waals surface area contributed by atoms with Crippen molar-refractivity contribution < 1.29 is 5.11 Å². The lowest BCUT2D eigenvalue weighted by Gasteiger charge is -2.22. The molecule has 0 heterocycles. The van der Waals surface area contributed by atoms with Crippen LogP contribution in [-0.2, 0) is 0 Å². The van der Waals surface area contributed by atoms with Gasteiger partial charge in [-0.25, -0.2) is 0 Å². The molecule has 0 bridgehead atoms. The fourth-order valence-electron chi connectivity index (χ4n) is 2.51. The summed E-state index contributed by atoms with van der Waals surface area (Å²) in [6.45, 7) is 8.36. The first kappa shape index (κ1) is 13.8. The summed E-state index contributed by atoms with van der Waals surface area (Å²) in [5, 5.41) is 10.6. The van der Waals surface area contributed by atoms with Gasteiger partial charge in [0.1, 0.15) is 0 Å². The van der Waals surface area contributed by atoms with Gasteiger partial charge >= 0.3 is 0 Å². The monoisotopic (exact) mass is 254 g/mol. The zero-order valence-electron chi connectivity index (χ0n) is 12.1. The van der Waals surface area contributed by atoms with Gasteiger partial charge in [-0.1, -0.05) is 49.4 Å². The fourth-order valence-corrected chi connectivity index (χ4v) is 2.51. The lowest BCUT2D eigenvalue weighted by Crippen LogP contribution is -2.09. The zero-order chi connectivity index (χ0) is 14.0. The molecule has 0 fully saturated rings. The quantitative estimate of drug-likeness (QED) is 0.858. The summed E-state index contributed by atoms with van der Waals surface area (Å²) in [5.74, 6) is 0.0991. The van der Waals surface area contributed by atoms with Gasteiger partial charge in [0.15, 0.2) is 0 Å². The highest BCUT2D eigenvalue weighted by Crippen LogP contribution is 2.33. The third-order valence-corrected chi connectivity index (χ3v) is 4.00. The molecule has 1 nitrogen and oxygen atoms in total. The van der Waals surface area contributed by atoms with E-state index in [0.29, 0.717) is 0 Å². The summed E-state index contributed by atoms with van der Waals surface area (Å²) in [5.41, 5.74) is 5.89. The molecule has 0 radical (unpaired) electrons. The van der Waals surface area contributed by atoms with E-state index in [0.717, 1.165) is 5.56 Å². The van der Waals surface area contributed by atoms with Crippen LogP contribution in [0.1, 0.15) is 46.8 Å². The van der Waals surface area contributed by atoms with E-state index in [4.69, 9.17) is 0 Å². The maximum Gasteiger partial charge on any atom is 0.0858 e. The molecule has 100 valence electrons. The van der Waals surface area contributed by atoms with Crippen molar-refractivity contribution in [2.75, 3.05) is 0 Å². The summed E-state index contributed by atoms with van der Waals surface area (Å²) in [7, 11) is 0. The van der Waals surface area contributed by atoms with Crippen LogP contribution in [0.2, 0.25) is 0 Å². The van der Waals surface area contributed by atoms with E-state index >= 15 is 0 Å². The number of benzene rings is 2. The Labute approximate surface area is 115 Å². The lowest BCUT2D eigenvalue weighted by atomic mass is 9.87. The van der Waals surface area contributed by atoms with Crippen molar-refractivity contribution >= 4 is 0 Å². The maximum absolute atomic E-state index is 10.6. The maximum atomic E-state index is 10.6. The average Bonchev–Trinajstić information content (AvgIpc) is 2.42. The van der Waals surface area contributed by atoms with Crippen LogP contribution < -0.4 is 0 Å². The average molecular weight is 254 g/mol. The van der Waals surface area contributed by atoms with Crippen LogP contribution in [0.15, 0.2) is 42.5 Å². The smallest absolute Gasteiger partial charge is 0.0858 e. The van der Waals surface area contributed by atoms with Crippen LogP contribution in [0.25, 0.3) is 0 Å². The molecule has 1 N–H and O–H groups in total. The van der Waals surface area contributed by atoms with Crippen LogP contribution >= 0.6 is 0 Å². The molecule has 0 aromatic heterocycles. The Morgan fingerprint density at radius 3 is 2.05 bits per heavy atom. The number of aliphatic hydroxyl groups is 1. The molecule has 2 aromatic rings. The zero-order valence-corrected chi connectivity index (χ0v) is 12.1. The predicted molar refractivity (Wildman–Crippen MR) is 80.5 cm³/mol. The van der Waals surface area contributed by atoms with Crippen molar-refractivity contribution in [1.29, 1.82) is 0 Å². The Balaban J connectivity index is 2.34.